The van der Waals surface area contributed by atoms with E-state index in [0.717, 1.165) is 23.1 Å². The Balaban J connectivity index is 1.59. The van der Waals surface area contributed by atoms with Gasteiger partial charge in [0.05, 0.1) is 18.0 Å². The maximum atomic E-state index is 12.1. The first-order chi connectivity index (χ1) is 13.3. The van der Waals surface area contributed by atoms with Gasteiger partial charge in [-0.1, -0.05) is 18.2 Å². The summed E-state index contributed by atoms with van der Waals surface area (Å²) in [6.45, 7) is 1.67. The van der Waals surface area contributed by atoms with E-state index in [-0.39, 0.29) is 18.7 Å². The van der Waals surface area contributed by atoms with E-state index >= 15 is 0 Å². The lowest BCUT2D eigenvalue weighted by Gasteiger charge is -2.20. The number of nitrogens with one attached hydrogen (secondary N) is 1. The number of hydrogen-bond donors (Lipinski definition) is 1. The molecule has 2 aromatic carbocycles. The molecule has 2 aliphatic heterocycles. The molecule has 0 fully saturated rings. The quantitative estimate of drug-likeness (QED) is 0.849. The van der Waals surface area contributed by atoms with Crippen LogP contribution in [-0.2, 0) is 14.8 Å². The lowest BCUT2D eigenvalue weighted by atomic mass is 9.98. The maximum Gasteiger partial charge on any atom is 0.240 e. The Morgan fingerprint density at radius 1 is 1.14 bits per heavy atom. The maximum absolute atomic E-state index is 12.1. The van der Waals surface area contributed by atoms with Crippen molar-refractivity contribution in [2.75, 3.05) is 17.8 Å². The van der Waals surface area contributed by atoms with Crippen LogP contribution < -0.4 is 14.2 Å². The number of fused-ring (bicyclic) bond motifs is 1. The van der Waals surface area contributed by atoms with Gasteiger partial charge in [-0.05, 0) is 35.4 Å². The molecule has 146 valence electrons. The summed E-state index contributed by atoms with van der Waals surface area (Å²) in [6.07, 6.45) is 1.64. The second-order valence-corrected chi connectivity index (χ2v) is 8.44. The van der Waals surface area contributed by atoms with Crippen LogP contribution in [0.3, 0.4) is 0 Å². The van der Waals surface area contributed by atoms with Gasteiger partial charge in [-0.25, -0.2) is 13.4 Å². The molecule has 0 saturated carbocycles. The van der Waals surface area contributed by atoms with Crippen molar-refractivity contribution in [2.45, 2.75) is 19.4 Å². The van der Waals surface area contributed by atoms with Crippen molar-refractivity contribution < 1.29 is 22.7 Å². The molecule has 0 bridgehead atoms. The number of carbonyl (C=O) groups is 1. The van der Waals surface area contributed by atoms with E-state index < -0.39 is 10.0 Å². The molecule has 1 N–H and O–H groups in total. The zero-order chi connectivity index (χ0) is 19.9. The first-order valence-electron chi connectivity index (χ1n) is 8.65. The Kier molecular flexibility index (Phi) is 4.46. The zero-order valence-corrected chi connectivity index (χ0v) is 16.2. The van der Waals surface area contributed by atoms with Gasteiger partial charge in [0.15, 0.2) is 11.5 Å². The van der Waals surface area contributed by atoms with Gasteiger partial charge < -0.3 is 9.47 Å². The number of benzene rings is 2. The highest BCUT2D eigenvalue weighted by Crippen LogP contribution is 2.39. The highest BCUT2D eigenvalue weighted by Gasteiger charge is 2.32. The van der Waals surface area contributed by atoms with Gasteiger partial charge in [0.25, 0.3) is 0 Å². The van der Waals surface area contributed by atoms with Gasteiger partial charge >= 0.3 is 0 Å². The van der Waals surface area contributed by atoms with Crippen LogP contribution in [0.4, 0.5) is 5.69 Å². The summed E-state index contributed by atoms with van der Waals surface area (Å²) in [7, 11) is -3.33. The fraction of sp³-hybridized carbons (Fsp3) is 0.263. The molecular weight excluding hydrogens is 382 g/mol. The Morgan fingerprint density at radius 3 is 2.54 bits per heavy atom. The van der Waals surface area contributed by atoms with E-state index in [0.29, 0.717) is 23.6 Å². The summed E-state index contributed by atoms with van der Waals surface area (Å²) in [5.41, 5.74) is 2.96. The van der Waals surface area contributed by atoms with Crippen molar-refractivity contribution in [3.8, 4) is 11.5 Å². The zero-order valence-electron chi connectivity index (χ0n) is 15.4. The van der Waals surface area contributed by atoms with Crippen LogP contribution in [-0.4, -0.2) is 38.1 Å². The number of amides is 1. The molecule has 8 nitrogen and oxygen atoms in total. The van der Waals surface area contributed by atoms with E-state index in [4.69, 9.17) is 9.47 Å². The van der Waals surface area contributed by atoms with Crippen molar-refractivity contribution >= 4 is 27.3 Å². The highest BCUT2D eigenvalue weighted by molar-refractivity contribution is 7.92. The summed E-state index contributed by atoms with van der Waals surface area (Å²) in [6, 6.07) is 12.3. The van der Waals surface area contributed by atoms with Crippen molar-refractivity contribution in [3.05, 3.63) is 53.6 Å². The van der Waals surface area contributed by atoms with Crippen LogP contribution in [0, 0.1) is 0 Å². The summed E-state index contributed by atoms with van der Waals surface area (Å²) >= 11 is 0. The molecule has 0 unspecified atom stereocenters. The lowest BCUT2D eigenvalue weighted by Crippen LogP contribution is -2.24. The van der Waals surface area contributed by atoms with Gasteiger partial charge in [0, 0.05) is 19.0 Å². The highest BCUT2D eigenvalue weighted by atomic mass is 32.2. The van der Waals surface area contributed by atoms with Crippen LogP contribution in [0.5, 0.6) is 11.5 Å². The van der Waals surface area contributed by atoms with Crippen molar-refractivity contribution in [2.24, 2.45) is 5.10 Å². The summed E-state index contributed by atoms with van der Waals surface area (Å²) in [5, 5.41) is 5.97. The SMILES string of the molecule is CC(=O)N1N=C(c2ccc(NS(C)(=O)=O)cc2)C[C@H]1c1ccc2c(c1)OCO2. The van der Waals surface area contributed by atoms with E-state index in [1.54, 1.807) is 24.3 Å². The van der Waals surface area contributed by atoms with E-state index in [1.807, 2.05) is 18.2 Å². The van der Waals surface area contributed by atoms with Crippen LogP contribution in [0.25, 0.3) is 0 Å². The molecule has 2 heterocycles. The largest absolute Gasteiger partial charge is 0.454 e. The molecule has 1 amide bonds. The number of rotatable bonds is 4. The third-order valence-electron chi connectivity index (χ3n) is 4.54. The second-order valence-electron chi connectivity index (χ2n) is 6.69. The molecule has 9 heteroatoms. The Hall–Kier alpha value is -3.07. The molecular formula is C19H19N3O5S. The monoisotopic (exact) mass is 401 g/mol. The van der Waals surface area contributed by atoms with Gasteiger partial charge in [-0.3, -0.25) is 9.52 Å². The van der Waals surface area contributed by atoms with Gasteiger partial charge in [0.1, 0.15) is 0 Å². The molecule has 0 spiro atoms. The smallest absolute Gasteiger partial charge is 0.240 e. The predicted octanol–water partition coefficient (Wildman–Crippen LogP) is 2.48. The average Bonchev–Trinajstić information content (AvgIpc) is 3.27. The predicted molar refractivity (Wildman–Crippen MR) is 104 cm³/mol. The molecule has 4 rings (SSSR count). The second kappa shape index (κ2) is 6.83. The van der Waals surface area contributed by atoms with Crippen LogP contribution in [0.1, 0.15) is 30.5 Å². The first-order valence-corrected chi connectivity index (χ1v) is 10.5. The fourth-order valence-electron chi connectivity index (χ4n) is 3.30. The van der Waals surface area contributed by atoms with Crippen LogP contribution in [0.15, 0.2) is 47.6 Å². The van der Waals surface area contributed by atoms with E-state index in [9.17, 15) is 13.2 Å². The van der Waals surface area contributed by atoms with Gasteiger partial charge in [-0.2, -0.15) is 5.10 Å². The summed E-state index contributed by atoms with van der Waals surface area (Å²) < 4.78 is 35.9. The summed E-state index contributed by atoms with van der Waals surface area (Å²) in [5.74, 6) is 1.19. The summed E-state index contributed by atoms with van der Waals surface area (Å²) in [4.78, 5) is 12.1. The molecule has 0 aliphatic carbocycles. The molecule has 0 saturated heterocycles. The molecule has 0 radical (unpaired) electrons. The number of carbonyl (C=O) groups excluding carboxylic acids is 1. The standard InChI is InChI=1S/C19H19N3O5S/c1-12(23)22-17(14-5-8-18-19(9-14)27-11-26-18)10-16(20-22)13-3-6-15(7-4-13)21-28(2,24)25/h3-9,17,21H,10-11H2,1-2H3/t17-/m0/s1. The van der Waals surface area contributed by atoms with Crippen LogP contribution in [0.2, 0.25) is 0 Å². The molecule has 0 aromatic heterocycles. The average molecular weight is 401 g/mol. The topological polar surface area (TPSA) is 97.3 Å². The van der Waals surface area contributed by atoms with Gasteiger partial charge in [-0.15, -0.1) is 0 Å². The number of nitrogens with zero attached hydrogens (tertiary/aromatic N) is 2. The third-order valence-corrected chi connectivity index (χ3v) is 5.14. The third kappa shape index (κ3) is 3.65. The number of ether oxygens (including phenoxy) is 2. The Bertz CT molecular complexity index is 1060. The van der Waals surface area contributed by atoms with Crippen molar-refractivity contribution in [1.29, 1.82) is 0 Å². The fourth-order valence-corrected chi connectivity index (χ4v) is 3.86. The molecule has 2 aromatic rings. The molecule has 2 aliphatic rings. The number of hydrazone groups is 1. The minimum absolute atomic E-state index is 0.159. The molecule has 28 heavy (non-hydrogen) atoms. The van der Waals surface area contributed by atoms with E-state index in [2.05, 4.69) is 9.82 Å². The number of sulfonamides is 1. The van der Waals surface area contributed by atoms with Crippen molar-refractivity contribution in [1.82, 2.24) is 5.01 Å². The lowest BCUT2D eigenvalue weighted by molar-refractivity contribution is -0.130. The Labute approximate surface area is 162 Å². The van der Waals surface area contributed by atoms with Crippen LogP contribution >= 0.6 is 0 Å². The minimum Gasteiger partial charge on any atom is -0.454 e. The normalized spacial score (nSPS) is 18.1. The van der Waals surface area contributed by atoms with E-state index in [1.165, 1.54) is 11.9 Å². The molecule has 1 atom stereocenters. The first kappa shape index (κ1) is 18.3. The van der Waals surface area contributed by atoms with Gasteiger partial charge in [0.2, 0.25) is 22.7 Å². The Morgan fingerprint density at radius 2 is 1.86 bits per heavy atom. The number of hydrogen-bond acceptors (Lipinski definition) is 6. The number of anilines is 1. The minimum atomic E-state index is -3.33. The van der Waals surface area contributed by atoms with Crippen molar-refractivity contribution in [3.63, 3.8) is 0 Å².